The highest BCUT2D eigenvalue weighted by Crippen LogP contribution is 2.27. The molecule has 4 N–H and O–H groups in total. The molecule has 0 saturated heterocycles. The lowest BCUT2D eigenvalue weighted by Crippen LogP contribution is -2.36. The zero-order valence-corrected chi connectivity index (χ0v) is 8.35. The first kappa shape index (κ1) is 9.92. The Labute approximate surface area is 78.8 Å². The summed E-state index contributed by atoms with van der Waals surface area (Å²) in [6, 6.07) is 0. The fourth-order valence-corrected chi connectivity index (χ4v) is 1.28. The Hall–Kier alpha value is -1.16. The SMILES string of the molecule is COCC(C)(C)C1=CNNC(N)=C1. The average Bonchev–Trinajstić information content (AvgIpc) is 2.04. The van der Waals surface area contributed by atoms with Crippen molar-refractivity contribution >= 4 is 0 Å². The van der Waals surface area contributed by atoms with Crippen molar-refractivity contribution in [3.05, 3.63) is 23.7 Å². The minimum absolute atomic E-state index is 0.0194. The third-order valence-corrected chi connectivity index (χ3v) is 2.04. The first-order valence-corrected chi connectivity index (χ1v) is 4.24. The quantitative estimate of drug-likeness (QED) is 0.594. The summed E-state index contributed by atoms with van der Waals surface area (Å²) in [5, 5.41) is 0. The van der Waals surface area contributed by atoms with Gasteiger partial charge in [-0.1, -0.05) is 13.8 Å². The van der Waals surface area contributed by atoms with Gasteiger partial charge in [0.25, 0.3) is 0 Å². The van der Waals surface area contributed by atoms with E-state index >= 15 is 0 Å². The zero-order valence-electron chi connectivity index (χ0n) is 8.35. The molecular formula is C9H17N3O. The molecule has 0 aromatic heterocycles. The van der Waals surface area contributed by atoms with E-state index in [1.807, 2.05) is 12.3 Å². The largest absolute Gasteiger partial charge is 0.384 e. The van der Waals surface area contributed by atoms with E-state index in [0.29, 0.717) is 12.4 Å². The van der Waals surface area contributed by atoms with Crippen molar-refractivity contribution in [3.63, 3.8) is 0 Å². The van der Waals surface area contributed by atoms with Crippen LogP contribution in [0.4, 0.5) is 0 Å². The molecule has 0 radical (unpaired) electrons. The summed E-state index contributed by atoms with van der Waals surface area (Å²) in [7, 11) is 1.70. The number of rotatable bonds is 3. The van der Waals surface area contributed by atoms with Crippen LogP contribution in [-0.4, -0.2) is 13.7 Å². The minimum Gasteiger partial charge on any atom is -0.384 e. The van der Waals surface area contributed by atoms with E-state index in [9.17, 15) is 0 Å². The molecule has 0 spiro atoms. The number of nitrogens with two attached hydrogens (primary N) is 1. The van der Waals surface area contributed by atoms with Gasteiger partial charge >= 0.3 is 0 Å². The average molecular weight is 183 g/mol. The molecule has 0 aliphatic carbocycles. The fraction of sp³-hybridized carbons (Fsp3) is 0.556. The van der Waals surface area contributed by atoms with Gasteiger partial charge in [-0.3, -0.25) is 5.43 Å². The van der Waals surface area contributed by atoms with Crippen LogP contribution in [0.3, 0.4) is 0 Å². The van der Waals surface area contributed by atoms with E-state index < -0.39 is 0 Å². The highest BCUT2D eigenvalue weighted by atomic mass is 16.5. The molecule has 0 aromatic carbocycles. The van der Waals surface area contributed by atoms with Crippen molar-refractivity contribution in [3.8, 4) is 0 Å². The van der Waals surface area contributed by atoms with Crippen LogP contribution in [0.15, 0.2) is 23.7 Å². The summed E-state index contributed by atoms with van der Waals surface area (Å²) in [4.78, 5) is 0. The van der Waals surface area contributed by atoms with Crippen LogP contribution in [0.5, 0.6) is 0 Å². The van der Waals surface area contributed by atoms with Crippen molar-refractivity contribution < 1.29 is 4.74 Å². The third-order valence-electron chi connectivity index (χ3n) is 2.04. The molecule has 1 aliphatic heterocycles. The maximum atomic E-state index is 5.62. The topological polar surface area (TPSA) is 59.3 Å². The zero-order chi connectivity index (χ0) is 9.90. The third kappa shape index (κ3) is 2.39. The number of nitrogens with one attached hydrogen (secondary N) is 2. The smallest absolute Gasteiger partial charge is 0.115 e. The van der Waals surface area contributed by atoms with E-state index in [-0.39, 0.29) is 5.41 Å². The lowest BCUT2D eigenvalue weighted by Gasteiger charge is -2.28. The van der Waals surface area contributed by atoms with E-state index in [1.54, 1.807) is 7.11 Å². The molecule has 0 fully saturated rings. The second-order valence-corrected chi connectivity index (χ2v) is 3.79. The van der Waals surface area contributed by atoms with Crippen molar-refractivity contribution in [1.29, 1.82) is 0 Å². The predicted octanol–water partition coefficient (Wildman–Crippen LogP) is 0.451. The van der Waals surface area contributed by atoms with Crippen LogP contribution < -0.4 is 16.6 Å². The van der Waals surface area contributed by atoms with E-state index in [1.165, 1.54) is 0 Å². The van der Waals surface area contributed by atoms with Gasteiger partial charge in [0, 0.05) is 18.7 Å². The number of hydrogen-bond donors (Lipinski definition) is 3. The summed E-state index contributed by atoms with van der Waals surface area (Å²) >= 11 is 0. The van der Waals surface area contributed by atoms with E-state index in [4.69, 9.17) is 10.5 Å². The Morgan fingerprint density at radius 2 is 2.23 bits per heavy atom. The molecule has 0 saturated carbocycles. The van der Waals surface area contributed by atoms with Crippen LogP contribution in [0.1, 0.15) is 13.8 Å². The van der Waals surface area contributed by atoms with Gasteiger partial charge in [0.2, 0.25) is 0 Å². The molecule has 0 aromatic rings. The van der Waals surface area contributed by atoms with E-state index in [0.717, 1.165) is 5.57 Å². The Bertz CT molecular complexity index is 243. The molecule has 0 bridgehead atoms. The second kappa shape index (κ2) is 3.70. The Balaban J connectivity index is 2.76. The fourth-order valence-electron chi connectivity index (χ4n) is 1.28. The number of hydrogen-bond acceptors (Lipinski definition) is 4. The number of hydrazine groups is 1. The molecule has 1 rings (SSSR count). The minimum atomic E-state index is -0.0194. The first-order chi connectivity index (χ1) is 6.06. The van der Waals surface area contributed by atoms with Gasteiger partial charge in [-0.25, -0.2) is 0 Å². The molecule has 1 heterocycles. The highest BCUT2D eigenvalue weighted by Gasteiger charge is 2.23. The number of ether oxygens (including phenoxy) is 1. The molecule has 0 unspecified atom stereocenters. The van der Waals surface area contributed by atoms with Gasteiger partial charge in [0.05, 0.1) is 6.61 Å². The van der Waals surface area contributed by atoms with Crippen molar-refractivity contribution in [2.75, 3.05) is 13.7 Å². The summed E-state index contributed by atoms with van der Waals surface area (Å²) < 4.78 is 5.14. The predicted molar refractivity (Wildman–Crippen MR) is 52.3 cm³/mol. The Morgan fingerprint density at radius 1 is 1.54 bits per heavy atom. The van der Waals surface area contributed by atoms with Crippen molar-refractivity contribution in [2.24, 2.45) is 11.1 Å². The van der Waals surface area contributed by atoms with Gasteiger partial charge < -0.3 is 15.9 Å². The van der Waals surface area contributed by atoms with Gasteiger partial charge in [-0.15, -0.1) is 0 Å². The molecule has 4 heteroatoms. The lowest BCUT2D eigenvalue weighted by atomic mass is 9.85. The highest BCUT2D eigenvalue weighted by molar-refractivity contribution is 5.29. The number of allylic oxidation sites excluding steroid dienone is 1. The molecule has 74 valence electrons. The van der Waals surface area contributed by atoms with Gasteiger partial charge in [0.15, 0.2) is 0 Å². The Kier molecular flexibility index (Phi) is 2.83. The molecule has 13 heavy (non-hydrogen) atoms. The normalized spacial score (nSPS) is 16.8. The lowest BCUT2D eigenvalue weighted by molar-refractivity contribution is 0.127. The van der Waals surface area contributed by atoms with Crippen LogP contribution in [-0.2, 0) is 4.74 Å². The maximum absolute atomic E-state index is 5.62. The molecule has 4 nitrogen and oxygen atoms in total. The second-order valence-electron chi connectivity index (χ2n) is 3.79. The first-order valence-electron chi connectivity index (χ1n) is 4.24. The van der Waals surface area contributed by atoms with Crippen molar-refractivity contribution in [2.45, 2.75) is 13.8 Å². The van der Waals surface area contributed by atoms with Crippen LogP contribution in [0, 0.1) is 5.41 Å². The van der Waals surface area contributed by atoms with Crippen LogP contribution in [0.25, 0.3) is 0 Å². The maximum Gasteiger partial charge on any atom is 0.115 e. The molecular weight excluding hydrogens is 166 g/mol. The summed E-state index contributed by atoms with van der Waals surface area (Å²) in [5.41, 5.74) is 12.4. The molecule has 0 atom stereocenters. The van der Waals surface area contributed by atoms with Gasteiger partial charge in [-0.05, 0) is 11.6 Å². The van der Waals surface area contributed by atoms with E-state index in [2.05, 4.69) is 24.7 Å². The van der Waals surface area contributed by atoms with Crippen LogP contribution in [0.2, 0.25) is 0 Å². The monoisotopic (exact) mass is 183 g/mol. The summed E-state index contributed by atoms with van der Waals surface area (Å²) in [6.07, 6.45) is 3.81. The van der Waals surface area contributed by atoms with Crippen LogP contribution >= 0.6 is 0 Å². The molecule has 1 aliphatic rings. The van der Waals surface area contributed by atoms with Crippen molar-refractivity contribution in [1.82, 2.24) is 10.9 Å². The standard InChI is InChI=1S/C9H17N3O/c1-9(2,6-13-3)7-4-8(10)12-11-5-7/h4-5,11-12H,6,10H2,1-3H3. The Morgan fingerprint density at radius 3 is 2.77 bits per heavy atom. The summed E-state index contributed by atoms with van der Waals surface area (Å²) in [5.74, 6) is 0.627. The van der Waals surface area contributed by atoms with Gasteiger partial charge in [0.1, 0.15) is 5.82 Å². The molecule has 0 amide bonds. The summed E-state index contributed by atoms with van der Waals surface area (Å²) in [6.45, 7) is 4.89. The van der Waals surface area contributed by atoms with Gasteiger partial charge in [-0.2, -0.15) is 0 Å². The number of methoxy groups -OCH3 is 1.